The lowest BCUT2D eigenvalue weighted by atomic mass is 9.96. The van der Waals surface area contributed by atoms with Crippen molar-refractivity contribution in [3.8, 4) is 0 Å². The lowest BCUT2D eigenvalue weighted by molar-refractivity contribution is -0.0955. The Kier molecular flexibility index (Phi) is 4.46. The van der Waals surface area contributed by atoms with Crippen LogP contribution in [0.4, 0.5) is 5.13 Å². The maximum Gasteiger partial charge on any atom is 0.264 e. The number of thiophene rings is 1. The minimum atomic E-state index is -0.0667. The zero-order valence-electron chi connectivity index (χ0n) is 13.9. The lowest BCUT2D eigenvalue weighted by Crippen LogP contribution is -2.41. The highest BCUT2D eigenvalue weighted by molar-refractivity contribution is 7.29. The molecule has 0 atom stereocenters. The summed E-state index contributed by atoms with van der Waals surface area (Å²) in [6, 6.07) is 1.99. The van der Waals surface area contributed by atoms with Gasteiger partial charge in [-0.15, -0.1) is 11.3 Å². The summed E-state index contributed by atoms with van der Waals surface area (Å²) in [4.78, 5) is 23.0. The highest BCUT2D eigenvalue weighted by Crippen LogP contribution is 2.35. The predicted molar refractivity (Wildman–Crippen MR) is 96.1 cm³/mol. The number of carbonyl (C=O) groups is 1. The van der Waals surface area contributed by atoms with E-state index in [-0.39, 0.29) is 12.2 Å². The smallest absolute Gasteiger partial charge is 0.264 e. The van der Waals surface area contributed by atoms with E-state index in [9.17, 15) is 4.79 Å². The molecule has 0 aliphatic carbocycles. The molecule has 2 fully saturated rings. The second-order valence-corrected chi connectivity index (χ2v) is 8.45. The van der Waals surface area contributed by atoms with Crippen molar-refractivity contribution in [3.05, 3.63) is 10.9 Å². The molecule has 6 nitrogen and oxygen atoms in total. The molecule has 2 aliphatic heterocycles. The molecular formula is C16H21N3O3S2. The van der Waals surface area contributed by atoms with E-state index in [1.165, 1.54) is 11.3 Å². The Hall–Kier alpha value is -1.22. The van der Waals surface area contributed by atoms with E-state index in [0.29, 0.717) is 19.1 Å². The van der Waals surface area contributed by atoms with Crippen LogP contribution in [0, 0.1) is 5.92 Å². The van der Waals surface area contributed by atoms with Crippen LogP contribution in [0.2, 0.25) is 0 Å². The van der Waals surface area contributed by atoms with Crippen LogP contribution in [-0.2, 0) is 9.47 Å². The van der Waals surface area contributed by atoms with Crippen LogP contribution >= 0.6 is 22.7 Å². The summed E-state index contributed by atoms with van der Waals surface area (Å²) in [5.41, 5.74) is 0. The summed E-state index contributed by atoms with van der Waals surface area (Å²) in [6.45, 7) is 2.93. The maximum absolute atomic E-state index is 12.8. The molecule has 130 valence electrons. The number of thiazole rings is 1. The highest BCUT2D eigenvalue weighted by atomic mass is 32.1. The van der Waals surface area contributed by atoms with Gasteiger partial charge in [-0.1, -0.05) is 11.3 Å². The van der Waals surface area contributed by atoms with Crippen molar-refractivity contribution in [1.82, 2.24) is 9.88 Å². The molecule has 1 amide bonds. The molecule has 2 aromatic heterocycles. The van der Waals surface area contributed by atoms with Gasteiger partial charge < -0.3 is 19.3 Å². The van der Waals surface area contributed by atoms with Gasteiger partial charge >= 0.3 is 0 Å². The number of anilines is 1. The molecule has 0 spiro atoms. The third-order valence-electron chi connectivity index (χ3n) is 4.53. The number of rotatable bonds is 3. The van der Waals surface area contributed by atoms with Crippen LogP contribution in [0.25, 0.3) is 9.53 Å². The number of carbonyl (C=O) groups excluding carboxylic acids is 1. The van der Waals surface area contributed by atoms with Crippen LogP contribution in [0.3, 0.4) is 0 Å². The molecule has 0 N–H and O–H groups in total. The van der Waals surface area contributed by atoms with E-state index in [1.54, 1.807) is 11.3 Å². The number of hydrogen-bond donors (Lipinski definition) is 0. The summed E-state index contributed by atoms with van der Waals surface area (Å²) in [5.74, 6) is 0.538. The normalized spacial score (nSPS) is 20.2. The van der Waals surface area contributed by atoms with E-state index in [4.69, 9.17) is 9.47 Å². The molecule has 0 saturated carbocycles. The predicted octanol–water partition coefficient (Wildman–Crippen LogP) is 2.65. The third kappa shape index (κ3) is 3.03. The Bertz CT molecular complexity index is 697. The van der Waals surface area contributed by atoms with Gasteiger partial charge in [0.25, 0.3) is 5.91 Å². The van der Waals surface area contributed by atoms with Crippen LogP contribution in [0.1, 0.15) is 22.5 Å². The first-order chi connectivity index (χ1) is 11.6. The quantitative estimate of drug-likeness (QED) is 0.835. The number of hydrogen-bond acceptors (Lipinski definition) is 7. The Labute approximate surface area is 149 Å². The fourth-order valence-electron chi connectivity index (χ4n) is 3.20. The Balaban J connectivity index is 1.41. The van der Waals surface area contributed by atoms with Crippen LogP contribution in [0.15, 0.2) is 6.07 Å². The van der Waals surface area contributed by atoms with Crippen LogP contribution in [-0.4, -0.2) is 62.5 Å². The first kappa shape index (κ1) is 16.3. The molecule has 4 heterocycles. The largest absolute Gasteiger partial charge is 0.354 e. The van der Waals surface area contributed by atoms with Gasteiger partial charge in [0.2, 0.25) is 0 Å². The fourth-order valence-corrected chi connectivity index (χ4v) is 5.30. The summed E-state index contributed by atoms with van der Waals surface area (Å²) in [6.07, 6.45) is 1.82. The molecule has 24 heavy (non-hydrogen) atoms. The van der Waals surface area contributed by atoms with Crippen molar-refractivity contribution in [2.24, 2.45) is 5.92 Å². The van der Waals surface area contributed by atoms with Gasteiger partial charge in [-0.2, -0.15) is 0 Å². The number of piperidine rings is 1. The summed E-state index contributed by atoms with van der Waals surface area (Å²) in [7, 11) is 3.97. The number of amides is 1. The fraction of sp³-hybridized carbons (Fsp3) is 0.625. The van der Waals surface area contributed by atoms with Gasteiger partial charge in [-0.05, 0) is 18.9 Å². The van der Waals surface area contributed by atoms with E-state index >= 15 is 0 Å². The van der Waals surface area contributed by atoms with Crippen LogP contribution in [0.5, 0.6) is 0 Å². The van der Waals surface area contributed by atoms with Crippen LogP contribution < -0.4 is 4.90 Å². The number of nitrogens with zero attached hydrogens (tertiary/aromatic N) is 3. The Morgan fingerprint density at radius 2 is 1.96 bits per heavy atom. The molecule has 0 bridgehead atoms. The summed E-state index contributed by atoms with van der Waals surface area (Å²) < 4.78 is 12.3. The molecule has 0 radical (unpaired) electrons. The number of likely N-dealkylation sites (tertiary alicyclic amines) is 1. The first-order valence-corrected chi connectivity index (χ1v) is 9.85. The minimum Gasteiger partial charge on any atom is -0.354 e. The van der Waals surface area contributed by atoms with Crippen molar-refractivity contribution in [1.29, 1.82) is 0 Å². The maximum atomic E-state index is 12.8. The van der Waals surface area contributed by atoms with Crippen molar-refractivity contribution < 1.29 is 14.3 Å². The zero-order chi connectivity index (χ0) is 16.7. The van der Waals surface area contributed by atoms with Crippen molar-refractivity contribution in [3.63, 3.8) is 0 Å². The average molecular weight is 367 g/mol. The van der Waals surface area contributed by atoms with Crippen molar-refractivity contribution in [2.45, 2.75) is 19.1 Å². The van der Waals surface area contributed by atoms with Gasteiger partial charge in [0.05, 0.1) is 22.8 Å². The van der Waals surface area contributed by atoms with Gasteiger partial charge in [-0.3, -0.25) is 4.79 Å². The monoisotopic (exact) mass is 367 g/mol. The Morgan fingerprint density at radius 1 is 1.25 bits per heavy atom. The third-order valence-corrected chi connectivity index (χ3v) is 6.85. The second-order valence-electron chi connectivity index (χ2n) is 6.41. The highest BCUT2D eigenvalue weighted by Gasteiger charge is 2.32. The van der Waals surface area contributed by atoms with E-state index in [0.717, 1.165) is 45.5 Å². The SMILES string of the molecule is CN(C)c1nc2sc(C(=O)N3CCC(C4OCCO4)CC3)cc2s1. The summed E-state index contributed by atoms with van der Waals surface area (Å²) >= 11 is 3.12. The number of ether oxygens (including phenoxy) is 2. The molecular weight excluding hydrogens is 346 g/mol. The second kappa shape index (κ2) is 6.59. The van der Waals surface area contributed by atoms with Crippen molar-refractivity contribution in [2.75, 3.05) is 45.3 Å². The van der Waals surface area contributed by atoms with E-state index in [1.807, 2.05) is 30.0 Å². The molecule has 8 heteroatoms. The summed E-state index contributed by atoms with van der Waals surface area (Å²) in [5, 5.41) is 0.979. The van der Waals surface area contributed by atoms with E-state index in [2.05, 4.69) is 4.98 Å². The molecule has 4 rings (SSSR count). The molecule has 2 saturated heterocycles. The molecule has 0 unspecified atom stereocenters. The Morgan fingerprint density at radius 3 is 2.58 bits per heavy atom. The van der Waals surface area contributed by atoms with Gasteiger partial charge in [-0.25, -0.2) is 4.98 Å². The standard InChI is InChI=1S/C16H21N3O3S2/c1-18(2)16-17-13-11(24-16)9-12(23-13)14(20)19-5-3-10(4-6-19)15-21-7-8-22-15/h9-10,15H,3-8H2,1-2H3. The molecule has 0 aromatic carbocycles. The number of aromatic nitrogens is 1. The van der Waals surface area contributed by atoms with Crippen molar-refractivity contribution >= 4 is 43.2 Å². The minimum absolute atomic E-state index is 0.0667. The van der Waals surface area contributed by atoms with Gasteiger partial charge in [0.15, 0.2) is 11.4 Å². The molecule has 2 aromatic rings. The first-order valence-electron chi connectivity index (χ1n) is 8.22. The van der Waals surface area contributed by atoms with Gasteiger partial charge in [0.1, 0.15) is 4.83 Å². The zero-order valence-corrected chi connectivity index (χ0v) is 15.5. The van der Waals surface area contributed by atoms with Gasteiger partial charge in [0, 0.05) is 33.1 Å². The average Bonchev–Trinajstić information content (AvgIpc) is 3.29. The lowest BCUT2D eigenvalue weighted by Gasteiger charge is -2.33. The topological polar surface area (TPSA) is 54.9 Å². The number of fused-ring (bicyclic) bond motifs is 1. The molecule has 2 aliphatic rings. The van der Waals surface area contributed by atoms with E-state index < -0.39 is 0 Å².